The number of carbonyl (C=O) groups is 1. The van der Waals surface area contributed by atoms with Crippen molar-refractivity contribution in [3.63, 3.8) is 0 Å². The van der Waals surface area contributed by atoms with Crippen molar-refractivity contribution in [2.24, 2.45) is 0 Å². The molecule has 2 aromatic carbocycles. The lowest BCUT2D eigenvalue weighted by Gasteiger charge is -2.33. The normalized spacial score (nSPS) is 14.1. The molecule has 3 aromatic rings. The van der Waals surface area contributed by atoms with E-state index in [-0.39, 0.29) is 5.02 Å². The number of anilines is 5. The monoisotopic (exact) mass is 469 g/mol. The second-order valence-electron chi connectivity index (χ2n) is 7.86. The van der Waals surface area contributed by atoms with E-state index in [1.165, 1.54) is 18.2 Å². The minimum Gasteiger partial charge on any atom is -0.354 e. The van der Waals surface area contributed by atoms with Crippen molar-refractivity contribution >= 4 is 46.3 Å². The average molecular weight is 470 g/mol. The number of rotatable bonds is 5. The molecule has 1 aliphatic rings. The average Bonchev–Trinajstić information content (AvgIpc) is 2.76. The highest BCUT2D eigenvalue weighted by Gasteiger charge is 2.16. The molecule has 1 aliphatic heterocycles. The SMILES string of the molecule is Cc1nc(Nc2cccc(NC(=O)Nc3ccc(F)c(Cl)c3)c2)cc(N2CCN(C)CC2)n1. The lowest BCUT2D eigenvalue weighted by Crippen LogP contribution is -2.44. The van der Waals surface area contributed by atoms with E-state index in [9.17, 15) is 9.18 Å². The summed E-state index contributed by atoms with van der Waals surface area (Å²) in [7, 11) is 2.12. The first kappa shape index (κ1) is 22.8. The van der Waals surface area contributed by atoms with Crippen LogP contribution in [0.15, 0.2) is 48.5 Å². The number of aryl methyl sites for hydroxylation is 1. The van der Waals surface area contributed by atoms with Gasteiger partial charge in [-0.05, 0) is 50.4 Å². The van der Waals surface area contributed by atoms with Crippen LogP contribution in [0.3, 0.4) is 0 Å². The minimum absolute atomic E-state index is 0.0601. The number of amides is 2. The van der Waals surface area contributed by atoms with Gasteiger partial charge < -0.3 is 25.8 Å². The molecule has 10 heteroatoms. The smallest absolute Gasteiger partial charge is 0.323 e. The van der Waals surface area contributed by atoms with Crippen LogP contribution < -0.4 is 20.9 Å². The van der Waals surface area contributed by atoms with Gasteiger partial charge in [0.05, 0.1) is 5.02 Å². The molecule has 0 aliphatic carbocycles. The molecule has 0 atom stereocenters. The molecule has 2 amide bonds. The van der Waals surface area contributed by atoms with Crippen molar-refractivity contribution < 1.29 is 9.18 Å². The second-order valence-corrected chi connectivity index (χ2v) is 8.27. The van der Waals surface area contributed by atoms with Crippen molar-refractivity contribution in [3.8, 4) is 0 Å². The standard InChI is InChI=1S/C23H25ClFN7O/c1-15-26-21(14-22(27-15)32-10-8-31(2)9-11-32)28-16-4-3-5-17(12-16)29-23(33)30-18-6-7-20(25)19(24)13-18/h3-7,12-14H,8-11H2,1-2H3,(H,26,27,28)(H2,29,30,33). The zero-order chi connectivity index (χ0) is 23.4. The summed E-state index contributed by atoms with van der Waals surface area (Å²) >= 11 is 5.76. The van der Waals surface area contributed by atoms with E-state index in [0.717, 1.165) is 37.7 Å². The Morgan fingerprint density at radius 2 is 1.67 bits per heavy atom. The van der Waals surface area contributed by atoms with E-state index >= 15 is 0 Å². The Bertz CT molecular complexity index is 1150. The highest BCUT2D eigenvalue weighted by Crippen LogP contribution is 2.23. The third-order valence-electron chi connectivity index (χ3n) is 5.22. The molecule has 1 saturated heterocycles. The lowest BCUT2D eigenvalue weighted by molar-refractivity contribution is 0.262. The van der Waals surface area contributed by atoms with Crippen molar-refractivity contribution in [1.82, 2.24) is 14.9 Å². The van der Waals surface area contributed by atoms with Crippen LogP contribution >= 0.6 is 11.6 Å². The summed E-state index contributed by atoms with van der Waals surface area (Å²) in [4.78, 5) is 26.0. The molecule has 1 aromatic heterocycles. The number of likely N-dealkylation sites (N-methyl/N-ethyl adjacent to an activating group) is 1. The summed E-state index contributed by atoms with van der Waals surface area (Å²) in [5.41, 5.74) is 1.73. The summed E-state index contributed by atoms with van der Waals surface area (Å²) in [5.74, 6) is 1.71. The molecular formula is C23H25ClFN7O. The molecule has 2 heterocycles. The quantitative estimate of drug-likeness (QED) is 0.501. The third-order valence-corrected chi connectivity index (χ3v) is 5.51. The molecule has 172 valence electrons. The van der Waals surface area contributed by atoms with Gasteiger partial charge in [0.15, 0.2) is 0 Å². The molecule has 1 fully saturated rings. The molecule has 3 N–H and O–H groups in total. The Morgan fingerprint density at radius 3 is 2.39 bits per heavy atom. The van der Waals surface area contributed by atoms with Gasteiger partial charge in [0.1, 0.15) is 23.3 Å². The number of urea groups is 1. The number of carbonyl (C=O) groups excluding carboxylic acids is 1. The van der Waals surface area contributed by atoms with Crippen LogP contribution in [0, 0.1) is 12.7 Å². The molecule has 0 unspecified atom stereocenters. The van der Waals surface area contributed by atoms with Crippen molar-refractivity contribution in [2.45, 2.75) is 6.92 Å². The molecule has 0 bridgehead atoms. The summed E-state index contributed by atoms with van der Waals surface area (Å²) in [6, 6.07) is 12.7. The Balaban J connectivity index is 1.42. The first-order valence-corrected chi connectivity index (χ1v) is 10.9. The fourth-order valence-electron chi connectivity index (χ4n) is 3.50. The van der Waals surface area contributed by atoms with Crippen LogP contribution in [0.5, 0.6) is 0 Å². The molecule has 8 nitrogen and oxygen atoms in total. The van der Waals surface area contributed by atoms with Crippen molar-refractivity contribution in [1.29, 1.82) is 0 Å². The van der Waals surface area contributed by atoms with Crippen LogP contribution in [0.4, 0.5) is 37.9 Å². The summed E-state index contributed by atoms with van der Waals surface area (Å²) in [6.07, 6.45) is 0. The number of halogens is 2. The topological polar surface area (TPSA) is 85.4 Å². The van der Waals surface area contributed by atoms with E-state index in [2.05, 4.69) is 42.8 Å². The molecule has 0 radical (unpaired) electrons. The lowest BCUT2D eigenvalue weighted by atomic mass is 10.2. The first-order valence-electron chi connectivity index (χ1n) is 10.5. The summed E-state index contributed by atoms with van der Waals surface area (Å²) in [6.45, 7) is 5.69. The van der Waals surface area contributed by atoms with Gasteiger partial charge in [-0.1, -0.05) is 17.7 Å². The van der Waals surface area contributed by atoms with Gasteiger partial charge in [-0.2, -0.15) is 0 Å². The number of piperazine rings is 1. The molecule has 0 spiro atoms. The van der Waals surface area contributed by atoms with Gasteiger partial charge >= 0.3 is 6.03 Å². The maximum Gasteiger partial charge on any atom is 0.323 e. The summed E-state index contributed by atoms with van der Waals surface area (Å²) < 4.78 is 13.3. The summed E-state index contributed by atoms with van der Waals surface area (Å²) in [5, 5.41) is 8.62. The van der Waals surface area contributed by atoms with Gasteiger partial charge in [0.2, 0.25) is 0 Å². The Morgan fingerprint density at radius 1 is 0.970 bits per heavy atom. The highest BCUT2D eigenvalue weighted by atomic mass is 35.5. The number of aromatic nitrogens is 2. The van der Waals surface area contributed by atoms with Crippen LogP contribution in [-0.4, -0.2) is 54.1 Å². The highest BCUT2D eigenvalue weighted by molar-refractivity contribution is 6.31. The van der Waals surface area contributed by atoms with Crippen LogP contribution in [-0.2, 0) is 0 Å². The van der Waals surface area contributed by atoms with E-state index < -0.39 is 11.8 Å². The molecule has 33 heavy (non-hydrogen) atoms. The number of nitrogens with one attached hydrogen (secondary N) is 3. The van der Waals surface area contributed by atoms with Gasteiger partial charge in [0, 0.05) is 49.3 Å². The Kier molecular flexibility index (Phi) is 6.90. The second kappa shape index (κ2) is 10.0. The van der Waals surface area contributed by atoms with E-state index in [1.807, 2.05) is 25.1 Å². The molecule has 4 rings (SSSR count). The number of nitrogens with zero attached hydrogens (tertiary/aromatic N) is 4. The Hall–Kier alpha value is -3.43. The van der Waals surface area contributed by atoms with Gasteiger partial charge in [-0.15, -0.1) is 0 Å². The minimum atomic E-state index is -0.544. The first-order chi connectivity index (χ1) is 15.9. The maximum atomic E-state index is 13.3. The van der Waals surface area contributed by atoms with Gasteiger partial charge in [-0.25, -0.2) is 19.2 Å². The Labute approximate surface area is 196 Å². The molecule has 0 saturated carbocycles. The van der Waals surface area contributed by atoms with Crippen LogP contribution in [0.25, 0.3) is 0 Å². The van der Waals surface area contributed by atoms with Crippen molar-refractivity contribution in [3.05, 3.63) is 65.2 Å². The number of benzene rings is 2. The van der Waals surface area contributed by atoms with E-state index in [1.54, 1.807) is 12.1 Å². The third kappa shape index (κ3) is 6.09. The largest absolute Gasteiger partial charge is 0.354 e. The number of hydrogen-bond donors (Lipinski definition) is 3. The number of hydrogen-bond acceptors (Lipinski definition) is 6. The zero-order valence-corrected chi connectivity index (χ0v) is 19.2. The van der Waals surface area contributed by atoms with Crippen molar-refractivity contribution in [2.75, 3.05) is 54.1 Å². The maximum absolute atomic E-state index is 13.3. The fourth-order valence-corrected chi connectivity index (χ4v) is 3.68. The molecular weight excluding hydrogens is 445 g/mol. The zero-order valence-electron chi connectivity index (χ0n) is 18.4. The van der Waals surface area contributed by atoms with Crippen LogP contribution in [0.1, 0.15) is 5.82 Å². The van der Waals surface area contributed by atoms with E-state index in [0.29, 0.717) is 23.0 Å². The van der Waals surface area contributed by atoms with Gasteiger partial charge in [0.25, 0.3) is 0 Å². The van der Waals surface area contributed by atoms with Gasteiger partial charge in [-0.3, -0.25) is 0 Å². The predicted molar refractivity (Wildman–Crippen MR) is 130 cm³/mol. The van der Waals surface area contributed by atoms with Crippen LogP contribution in [0.2, 0.25) is 5.02 Å². The fraction of sp³-hybridized carbons (Fsp3) is 0.261. The predicted octanol–water partition coefficient (Wildman–Crippen LogP) is 4.72. The van der Waals surface area contributed by atoms with E-state index in [4.69, 9.17) is 11.6 Å².